The molecule has 0 fully saturated rings. The number of fused-ring (bicyclic) bond motifs is 9. The summed E-state index contributed by atoms with van der Waals surface area (Å²) in [4.78, 5) is 0. The molecule has 0 spiro atoms. The van der Waals surface area contributed by atoms with Crippen LogP contribution in [0.4, 0.5) is 0 Å². The summed E-state index contributed by atoms with van der Waals surface area (Å²) in [6.45, 7) is 0. The Bertz CT molecular complexity index is 3570. The molecule has 61 heavy (non-hydrogen) atoms. The van der Waals surface area contributed by atoms with Crippen LogP contribution in [0, 0.1) is 22.7 Å². The highest BCUT2D eigenvalue weighted by atomic mass is 15.0. The molecule has 0 saturated carbocycles. The van der Waals surface area contributed by atoms with Crippen molar-refractivity contribution in [3.63, 3.8) is 0 Å². The van der Waals surface area contributed by atoms with Crippen molar-refractivity contribution < 1.29 is 0 Å². The number of rotatable bonds is 5. The number of nitriles is 2. The quantitative estimate of drug-likeness (QED) is 0.175. The van der Waals surface area contributed by atoms with E-state index in [1.165, 1.54) is 43.6 Å². The third-order valence-electron chi connectivity index (χ3n) is 12.3. The van der Waals surface area contributed by atoms with Gasteiger partial charge in [-0.05, 0) is 102 Å². The molecule has 5 heteroatoms. The van der Waals surface area contributed by atoms with Crippen molar-refractivity contribution in [2.45, 2.75) is 0 Å². The van der Waals surface area contributed by atoms with E-state index in [1.807, 2.05) is 24.3 Å². The molecule has 0 saturated heterocycles. The summed E-state index contributed by atoms with van der Waals surface area (Å²) in [5, 5.41) is 27.1. The molecule has 0 amide bonds. The molecule has 12 rings (SSSR count). The first-order valence-corrected chi connectivity index (χ1v) is 20.4. The fraction of sp³-hybridized carbons (Fsp3) is 0. The van der Waals surface area contributed by atoms with Crippen LogP contribution >= 0.6 is 0 Å². The predicted octanol–water partition coefficient (Wildman–Crippen LogP) is 14.1. The lowest BCUT2D eigenvalue weighted by Gasteiger charge is -2.16. The molecular weight excluding hydrogens is 743 g/mol. The Morgan fingerprint density at radius 2 is 0.705 bits per heavy atom. The van der Waals surface area contributed by atoms with E-state index in [9.17, 15) is 10.5 Å². The fourth-order valence-electron chi connectivity index (χ4n) is 9.66. The molecule has 0 atom stereocenters. The van der Waals surface area contributed by atoms with Crippen LogP contribution in [0.2, 0.25) is 0 Å². The van der Waals surface area contributed by atoms with Crippen molar-refractivity contribution in [1.82, 2.24) is 13.7 Å². The Morgan fingerprint density at radius 3 is 1.18 bits per heavy atom. The highest BCUT2D eigenvalue weighted by Crippen LogP contribution is 2.42. The van der Waals surface area contributed by atoms with E-state index in [1.54, 1.807) is 12.1 Å². The molecule has 0 bridgehead atoms. The summed E-state index contributed by atoms with van der Waals surface area (Å²) < 4.78 is 7.14. The van der Waals surface area contributed by atoms with Gasteiger partial charge in [-0.2, -0.15) is 10.5 Å². The highest BCUT2D eigenvalue weighted by Gasteiger charge is 2.21. The minimum Gasteiger partial charge on any atom is -0.309 e. The molecule has 282 valence electrons. The van der Waals surface area contributed by atoms with Gasteiger partial charge in [-0.3, -0.25) is 0 Å². The van der Waals surface area contributed by atoms with Crippen LogP contribution in [0.15, 0.2) is 200 Å². The minimum absolute atomic E-state index is 0.462. The van der Waals surface area contributed by atoms with E-state index in [0.717, 1.165) is 61.1 Å². The second kappa shape index (κ2) is 13.5. The van der Waals surface area contributed by atoms with Gasteiger partial charge in [0.2, 0.25) is 0 Å². The van der Waals surface area contributed by atoms with Gasteiger partial charge in [0.15, 0.2) is 0 Å². The zero-order chi connectivity index (χ0) is 40.6. The molecule has 0 aliphatic rings. The van der Waals surface area contributed by atoms with Gasteiger partial charge in [-0.15, -0.1) is 0 Å². The number of aromatic nitrogens is 3. The maximum atomic E-state index is 10.3. The van der Waals surface area contributed by atoms with Gasteiger partial charge in [0.05, 0.1) is 56.4 Å². The minimum atomic E-state index is 0.462. The molecule has 0 unspecified atom stereocenters. The normalized spacial score (nSPS) is 11.6. The monoisotopic (exact) mass is 775 g/mol. The van der Waals surface area contributed by atoms with E-state index in [4.69, 9.17) is 0 Å². The maximum Gasteiger partial charge on any atom is 0.0998 e. The summed E-state index contributed by atoms with van der Waals surface area (Å²) in [6.07, 6.45) is 0. The van der Waals surface area contributed by atoms with Crippen LogP contribution < -0.4 is 0 Å². The Morgan fingerprint density at radius 1 is 0.295 bits per heavy atom. The van der Waals surface area contributed by atoms with Gasteiger partial charge in [0.25, 0.3) is 0 Å². The first kappa shape index (κ1) is 34.4. The summed E-state index contributed by atoms with van der Waals surface area (Å²) in [5.74, 6) is 0. The molecule has 3 heterocycles. The molecule has 0 radical (unpaired) electrons. The fourth-order valence-corrected chi connectivity index (χ4v) is 9.66. The number of hydrogen-bond acceptors (Lipinski definition) is 2. The lowest BCUT2D eigenvalue weighted by Crippen LogP contribution is -1.98. The van der Waals surface area contributed by atoms with Gasteiger partial charge < -0.3 is 13.7 Å². The largest absolute Gasteiger partial charge is 0.309 e. The SMILES string of the molecule is N#Cc1ccc(-c2ccc(-n3c4ccc(-n5c6ccccc6c6ccccc65)cc4c4cc(-n5c6ccccc6c6ccccc65)ccc43)cc2-c2ccccc2)c(C#N)c1. The van der Waals surface area contributed by atoms with Crippen molar-refractivity contribution in [2.75, 3.05) is 0 Å². The third-order valence-corrected chi connectivity index (χ3v) is 12.3. The van der Waals surface area contributed by atoms with Crippen molar-refractivity contribution in [3.05, 3.63) is 211 Å². The molecule has 0 N–H and O–H groups in total. The standard InChI is InChI=1S/C56H33N5/c57-34-36-22-26-42(38(30-36)35-58)43-27-23-39(31-48(43)37-12-2-1-3-13-37)61-55-28-24-40(59-51-18-8-4-14-44(51)45-15-5-9-19-52(45)59)32-49(55)50-33-41(25-29-56(50)61)60-53-20-10-6-16-46(53)47-17-7-11-21-54(47)60/h1-33H. The van der Waals surface area contributed by atoms with Crippen molar-refractivity contribution in [3.8, 4) is 51.5 Å². The first-order valence-electron chi connectivity index (χ1n) is 20.4. The summed E-state index contributed by atoms with van der Waals surface area (Å²) >= 11 is 0. The average molecular weight is 776 g/mol. The summed E-state index contributed by atoms with van der Waals surface area (Å²) in [5.41, 5.74) is 14.7. The van der Waals surface area contributed by atoms with E-state index < -0.39 is 0 Å². The van der Waals surface area contributed by atoms with E-state index >= 15 is 0 Å². The van der Waals surface area contributed by atoms with Crippen LogP contribution in [0.25, 0.3) is 105 Å². The molecular formula is C56H33N5. The van der Waals surface area contributed by atoms with Crippen molar-refractivity contribution in [1.29, 1.82) is 10.5 Å². The topological polar surface area (TPSA) is 62.4 Å². The van der Waals surface area contributed by atoms with Gasteiger partial charge in [-0.1, -0.05) is 115 Å². The Balaban J connectivity index is 1.15. The number of nitrogens with zero attached hydrogens (tertiary/aromatic N) is 5. The van der Waals surface area contributed by atoms with Crippen molar-refractivity contribution in [2.24, 2.45) is 0 Å². The second-order valence-electron chi connectivity index (χ2n) is 15.6. The van der Waals surface area contributed by atoms with Gasteiger partial charge in [-0.25, -0.2) is 0 Å². The van der Waals surface area contributed by atoms with Crippen LogP contribution in [0.3, 0.4) is 0 Å². The van der Waals surface area contributed by atoms with E-state index in [2.05, 4.69) is 190 Å². The Labute approximate surface area is 351 Å². The van der Waals surface area contributed by atoms with Gasteiger partial charge in [0, 0.05) is 54.9 Å². The van der Waals surface area contributed by atoms with Crippen LogP contribution in [0.5, 0.6) is 0 Å². The molecule has 9 aromatic carbocycles. The smallest absolute Gasteiger partial charge is 0.0998 e. The third kappa shape index (κ3) is 5.18. The van der Waals surface area contributed by atoms with E-state index in [0.29, 0.717) is 11.1 Å². The molecule has 5 nitrogen and oxygen atoms in total. The molecule has 3 aromatic heterocycles. The number of para-hydroxylation sites is 4. The van der Waals surface area contributed by atoms with Gasteiger partial charge >= 0.3 is 0 Å². The lowest BCUT2D eigenvalue weighted by atomic mass is 9.91. The average Bonchev–Trinajstić information content (AvgIpc) is 3.96. The van der Waals surface area contributed by atoms with Crippen LogP contribution in [0.1, 0.15) is 11.1 Å². The predicted molar refractivity (Wildman–Crippen MR) is 250 cm³/mol. The maximum absolute atomic E-state index is 10.3. The van der Waals surface area contributed by atoms with Crippen LogP contribution in [-0.4, -0.2) is 13.7 Å². The highest BCUT2D eigenvalue weighted by molar-refractivity contribution is 6.14. The summed E-state index contributed by atoms with van der Waals surface area (Å²) in [6, 6.07) is 75.1. The zero-order valence-corrected chi connectivity index (χ0v) is 32.8. The molecule has 12 aromatic rings. The Kier molecular flexibility index (Phi) is 7.59. The number of hydrogen-bond donors (Lipinski definition) is 0. The lowest BCUT2D eigenvalue weighted by molar-refractivity contribution is 1.16. The molecule has 0 aliphatic carbocycles. The zero-order valence-electron chi connectivity index (χ0n) is 32.8. The summed E-state index contributed by atoms with van der Waals surface area (Å²) in [7, 11) is 0. The van der Waals surface area contributed by atoms with Gasteiger partial charge in [0.1, 0.15) is 0 Å². The number of benzene rings is 9. The van der Waals surface area contributed by atoms with E-state index in [-0.39, 0.29) is 0 Å². The van der Waals surface area contributed by atoms with Crippen molar-refractivity contribution >= 4 is 65.4 Å². The first-order chi connectivity index (χ1) is 30.2. The molecule has 0 aliphatic heterocycles. The second-order valence-corrected chi connectivity index (χ2v) is 15.6. The Hall–Kier alpha value is -8.64. The van der Waals surface area contributed by atoms with Crippen LogP contribution in [-0.2, 0) is 0 Å².